The zero-order chi connectivity index (χ0) is 14.7. The summed E-state index contributed by atoms with van der Waals surface area (Å²) in [5.41, 5.74) is 3.05. The monoisotopic (exact) mass is 387 g/mol. The number of phenolic OH excluding ortho intramolecular Hbond substituents is 1. The van der Waals surface area contributed by atoms with Gasteiger partial charge in [0, 0.05) is 23.1 Å². The van der Waals surface area contributed by atoms with Gasteiger partial charge in [0.1, 0.15) is 5.75 Å². The molecule has 1 N–H and O–H groups in total. The van der Waals surface area contributed by atoms with E-state index in [1.807, 2.05) is 48.5 Å². The first-order valence-electron chi connectivity index (χ1n) is 6.64. The predicted molar refractivity (Wildman–Crippen MR) is 95.5 cm³/mol. The van der Waals surface area contributed by atoms with Crippen molar-refractivity contribution in [3.05, 3.63) is 82.4 Å². The molecule has 0 atom stereocenters. The fourth-order valence-corrected chi connectivity index (χ4v) is 2.58. The molecule has 0 aromatic heterocycles. The van der Waals surface area contributed by atoms with Crippen molar-refractivity contribution in [1.82, 2.24) is 0 Å². The van der Waals surface area contributed by atoms with Gasteiger partial charge in [-0.2, -0.15) is 0 Å². The van der Waals surface area contributed by atoms with Crippen LogP contribution < -0.4 is 4.90 Å². The van der Waals surface area contributed by atoms with Gasteiger partial charge < -0.3 is 10.0 Å². The largest absolute Gasteiger partial charge is 0.507 e. The molecule has 0 spiro atoms. The van der Waals surface area contributed by atoms with Crippen molar-refractivity contribution in [2.24, 2.45) is 0 Å². The summed E-state index contributed by atoms with van der Waals surface area (Å²) in [6, 6.07) is 26.0. The number of phenols is 1. The molecule has 0 aliphatic heterocycles. The number of nitrogens with zero attached hydrogens (tertiary/aromatic N) is 1. The third-order valence-electron chi connectivity index (χ3n) is 3.22. The van der Waals surface area contributed by atoms with E-state index >= 15 is 0 Å². The highest BCUT2D eigenvalue weighted by molar-refractivity contribution is 14.1. The molecular weight excluding hydrogens is 373 g/mol. The number of halogens is 1. The van der Waals surface area contributed by atoms with Crippen molar-refractivity contribution < 1.29 is 5.11 Å². The van der Waals surface area contributed by atoms with Crippen LogP contribution in [-0.4, -0.2) is 5.11 Å². The molecule has 0 unspecified atom stereocenters. The zero-order valence-electron chi connectivity index (χ0n) is 11.3. The summed E-state index contributed by atoms with van der Waals surface area (Å²) in [4.78, 5) is 2.12. The van der Waals surface area contributed by atoms with Crippen molar-refractivity contribution in [2.75, 3.05) is 4.90 Å². The van der Waals surface area contributed by atoms with E-state index in [0.717, 1.165) is 20.6 Å². The minimum Gasteiger partial charge on any atom is -0.507 e. The number of rotatable bonds is 3. The van der Waals surface area contributed by atoms with Gasteiger partial charge in [0.25, 0.3) is 0 Å². The zero-order valence-corrected chi connectivity index (χ0v) is 13.4. The van der Waals surface area contributed by atoms with E-state index < -0.39 is 0 Å². The average Bonchev–Trinajstić information content (AvgIpc) is 2.53. The van der Waals surface area contributed by atoms with Gasteiger partial charge in [-0.25, -0.2) is 0 Å². The minimum atomic E-state index is 0.296. The Hall–Kier alpha value is -2.01. The first-order valence-corrected chi connectivity index (χ1v) is 7.72. The maximum atomic E-state index is 10.0. The predicted octanol–water partition coefficient (Wildman–Crippen LogP) is 5.47. The van der Waals surface area contributed by atoms with E-state index in [1.165, 1.54) is 0 Å². The first kappa shape index (κ1) is 13.9. The lowest BCUT2D eigenvalue weighted by Gasteiger charge is -2.25. The fraction of sp³-hybridized carbons (Fsp3) is 0. The molecule has 3 aromatic carbocycles. The molecule has 0 saturated heterocycles. The van der Waals surface area contributed by atoms with Crippen LogP contribution in [0, 0.1) is 3.57 Å². The SMILES string of the molecule is Oc1cc(N(c2ccccc2)c2ccccc2)ccc1I. The van der Waals surface area contributed by atoms with Gasteiger partial charge in [-0.15, -0.1) is 0 Å². The van der Waals surface area contributed by atoms with Crippen LogP contribution >= 0.6 is 22.6 Å². The third-order valence-corrected chi connectivity index (χ3v) is 4.13. The highest BCUT2D eigenvalue weighted by Gasteiger charge is 2.12. The van der Waals surface area contributed by atoms with Crippen LogP contribution in [-0.2, 0) is 0 Å². The van der Waals surface area contributed by atoms with Crippen molar-refractivity contribution in [1.29, 1.82) is 0 Å². The van der Waals surface area contributed by atoms with Crippen LogP contribution in [0.4, 0.5) is 17.1 Å². The molecule has 0 aliphatic carbocycles. The van der Waals surface area contributed by atoms with Crippen molar-refractivity contribution in [2.45, 2.75) is 0 Å². The van der Waals surface area contributed by atoms with Crippen LogP contribution in [0.5, 0.6) is 5.75 Å². The average molecular weight is 387 g/mol. The number of benzene rings is 3. The van der Waals surface area contributed by atoms with Gasteiger partial charge in [0.05, 0.1) is 3.57 Å². The Morgan fingerprint density at radius 3 is 1.67 bits per heavy atom. The maximum Gasteiger partial charge on any atom is 0.130 e. The molecular formula is C18H14INO. The van der Waals surface area contributed by atoms with Crippen LogP contribution in [0.3, 0.4) is 0 Å². The van der Waals surface area contributed by atoms with Gasteiger partial charge >= 0.3 is 0 Å². The van der Waals surface area contributed by atoms with Gasteiger partial charge in [-0.1, -0.05) is 36.4 Å². The smallest absolute Gasteiger partial charge is 0.130 e. The minimum absolute atomic E-state index is 0.296. The molecule has 0 bridgehead atoms. The van der Waals surface area contributed by atoms with Crippen molar-refractivity contribution in [3.8, 4) is 5.75 Å². The van der Waals surface area contributed by atoms with Crippen LogP contribution in [0.25, 0.3) is 0 Å². The highest BCUT2D eigenvalue weighted by Crippen LogP contribution is 2.36. The van der Waals surface area contributed by atoms with Gasteiger partial charge in [-0.3, -0.25) is 0 Å². The highest BCUT2D eigenvalue weighted by atomic mass is 127. The summed E-state index contributed by atoms with van der Waals surface area (Å²) in [5, 5.41) is 10.0. The summed E-state index contributed by atoms with van der Waals surface area (Å²) < 4.78 is 0.845. The van der Waals surface area contributed by atoms with Crippen LogP contribution in [0.1, 0.15) is 0 Å². The standard InChI is InChI=1S/C18H14INO/c19-17-12-11-16(13-18(17)21)20(14-7-3-1-4-8-14)15-9-5-2-6-10-15/h1-13,21H. The molecule has 0 saturated carbocycles. The summed E-state index contributed by atoms with van der Waals surface area (Å²) >= 11 is 2.13. The van der Waals surface area contributed by atoms with Crippen LogP contribution in [0.15, 0.2) is 78.9 Å². The summed E-state index contributed by atoms with van der Waals surface area (Å²) in [5.74, 6) is 0.296. The van der Waals surface area contributed by atoms with Crippen molar-refractivity contribution >= 4 is 39.7 Å². The Morgan fingerprint density at radius 2 is 1.19 bits per heavy atom. The Morgan fingerprint density at radius 1 is 0.667 bits per heavy atom. The summed E-state index contributed by atoms with van der Waals surface area (Å²) in [6.07, 6.45) is 0. The Bertz CT molecular complexity index is 689. The second-order valence-corrected chi connectivity index (χ2v) is 5.80. The fourth-order valence-electron chi connectivity index (χ4n) is 2.24. The van der Waals surface area contributed by atoms with E-state index in [2.05, 4.69) is 51.8 Å². The van der Waals surface area contributed by atoms with Crippen molar-refractivity contribution in [3.63, 3.8) is 0 Å². The quantitative estimate of drug-likeness (QED) is 0.603. The number of para-hydroxylation sites is 2. The molecule has 2 nitrogen and oxygen atoms in total. The van der Waals surface area contributed by atoms with Gasteiger partial charge in [-0.05, 0) is 59.0 Å². The van der Waals surface area contributed by atoms with E-state index in [4.69, 9.17) is 0 Å². The Kier molecular flexibility index (Phi) is 4.10. The number of hydrogen-bond donors (Lipinski definition) is 1. The molecule has 0 radical (unpaired) electrons. The second kappa shape index (κ2) is 6.18. The number of aromatic hydroxyl groups is 1. The topological polar surface area (TPSA) is 23.5 Å². The maximum absolute atomic E-state index is 10.0. The lowest BCUT2D eigenvalue weighted by Crippen LogP contribution is -2.09. The van der Waals surface area contributed by atoms with Crippen LogP contribution in [0.2, 0.25) is 0 Å². The normalized spacial score (nSPS) is 10.3. The molecule has 3 aromatic rings. The number of hydrogen-bond acceptors (Lipinski definition) is 2. The molecule has 3 heteroatoms. The molecule has 0 fully saturated rings. The lowest BCUT2D eigenvalue weighted by molar-refractivity contribution is 0.471. The summed E-state index contributed by atoms with van der Waals surface area (Å²) in [6.45, 7) is 0. The molecule has 0 amide bonds. The van der Waals surface area contributed by atoms with E-state index in [9.17, 15) is 5.11 Å². The van der Waals surface area contributed by atoms with Gasteiger partial charge in [0.2, 0.25) is 0 Å². The Labute approximate surface area is 137 Å². The summed E-state index contributed by atoms with van der Waals surface area (Å²) in [7, 11) is 0. The number of anilines is 3. The second-order valence-electron chi connectivity index (χ2n) is 4.64. The van der Waals surface area contributed by atoms with E-state index in [0.29, 0.717) is 5.75 Å². The molecule has 0 aliphatic rings. The molecule has 0 heterocycles. The first-order chi connectivity index (χ1) is 10.3. The van der Waals surface area contributed by atoms with E-state index in [1.54, 1.807) is 6.07 Å². The Balaban J connectivity index is 2.14. The third kappa shape index (κ3) is 3.03. The van der Waals surface area contributed by atoms with E-state index in [-0.39, 0.29) is 0 Å². The molecule has 3 rings (SSSR count). The van der Waals surface area contributed by atoms with Gasteiger partial charge in [0.15, 0.2) is 0 Å². The molecule has 104 valence electrons. The molecule has 21 heavy (non-hydrogen) atoms. The lowest BCUT2D eigenvalue weighted by atomic mass is 10.2.